The lowest BCUT2D eigenvalue weighted by molar-refractivity contribution is -0.152. The van der Waals surface area contributed by atoms with Gasteiger partial charge in [-0.3, -0.25) is 9.59 Å². The van der Waals surface area contributed by atoms with Crippen molar-refractivity contribution in [2.45, 2.75) is 33.8 Å². The average Bonchev–Trinajstić information content (AvgIpc) is 1.84. The van der Waals surface area contributed by atoms with Crippen LogP contribution in [0.4, 0.5) is 0 Å². The fraction of sp³-hybridized carbons (Fsp3) is 0.750. The van der Waals surface area contributed by atoms with Crippen LogP contribution in [-0.4, -0.2) is 17.9 Å². The SMILES string of the molecule is CC(=O)O[C@H](C)C(=O)C(C)C. The highest BCUT2D eigenvalue weighted by Crippen LogP contribution is 2.02. The van der Waals surface area contributed by atoms with Crippen molar-refractivity contribution in [3.63, 3.8) is 0 Å². The summed E-state index contributed by atoms with van der Waals surface area (Å²) >= 11 is 0. The lowest BCUT2D eigenvalue weighted by Gasteiger charge is -2.12. The molecular weight excluding hydrogens is 144 g/mol. The molecule has 0 aliphatic heterocycles. The van der Waals surface area contributed by atoms with Crippen LogP contribution in [0.5, 0.6) is 0 Å². The maximum atomic E-state index is 11.1. The van der Waals surface area contributed by atoms with Crippen LogP contribution in [0, 0.1) is 5.92 Å². The Morgan fingerprint density at radius 1 is 1.18 bits per heavy atom. The number of rotatable bonds is 3. The van der Waals surface area contributed by atoms with Crippen molar-refractivity contribution >= 4 is 11.8 Å². The summed E-state index contributed by atoms with van der Waals surface area (Å²) in [4.78, 5) is 21.5. The predicted octanol–water partition coefficient (Wildman–Crippen LogP) is 1.16. The van der Waals surface area contributed by atoms with Gasteiger partial charge in [-0.05, 0) is 6.92 Å². The summed E-state index contributed by atoms with van der Waals surface area (Å²) < 4.78 is 4.68. The van der Waals surface area contributed by atoms with Gasteiger partial charge in [-0.1, -0.05) is 13.8 Å². The van der Waals surface area contributed by atoms with Gasteiger partial charge in [-0.25, -0.2) is 0 Å². The van der Waals surface area contributed by atoms with E-state index in [1.807, 2.05) is 0 Å². The van der Waals surface area contributed by atoms with Gasteiger partial charge in [0.1, 0.15) is 0 Å². The summed E-state index contributed by atoms with van der Waals surface area (Å²) in [6.07, 6.45) is -0.604. The summed E-state index contributed by atoms with van der Waals surface area (Å²) in [7, 11) is 0. The summed E-state index contributed by atoms with van der Waals surface area (Å²) in [5, 5.41) is 0. The van der Waals surface area contributed by atoms with Crippen LogP contribution in [0.3, 0.4) is 0 Å². The van der Waals surface area contributed by atoms with Crippen molar-refractivity contribution in [2.24, 2.45) is 5.92 Å². The number of ether oxygens (including phenoxy) is 1. The molecule has 0 aromatic rings. The van der Waals surface area contributed by atoms with E-state index < -0.39 is 12.1 Å². The van der Waals surface area contributed by atoms with E-state index in [-0.39, 0.29) is 11.7 Å². The maximum Gasteiger partial charge on any atom is 0.303 e. The third-order valence-corrected chi connectivity index (χ3v) is 1.31. The first-order valence-electron chi connectivity index (χ1n) is 3.66. The molecule has 3 heteroatoms. The third kappa shape index (κ3) is 3.75. The fourth-order valence-electron chi connectivity index (χ4n) is 0.776. The molecule has 0 spiro atoms. The van der Waals surface area contributed by atoms with E-state index in [1.165, 1.54) is 6.92 Å². The monoisotopic (exact) mass is 158 g/mol. The highest BCUT2D eigenvalue weighted by Gasteiger charge is 2.18. The van der Waals surface area contributed by atoms with E-state index in [1.54, 1.807) is 20.8 Å². The molecule has 0 aromatic heterocycles. The van der Waals surface area contributed by atoms with E-state index in [9.17, 15) is 9.59 Å². The number of hydrogen-bond acceptors (Lipinski definition) is 3. The van der Waals surface area contributed by atoms with Crippen LogP contribution < -0.4 is 0 Å². The molecule has 0 amide bonds. The molecule has 0 aliphatic rings. The number of carbonyl (C=O) groups is 2. The number of hydrogen-bond donors (Lipinski definition) is 0. The Balaban J connectivity index is 3.93. The second-order valence-corrected chi connectivity index (χ2v) is 2.81. The van der Waals surface area contributed by atoms with Gasteiger partial charge < -0.3 is 4.74 Å². The third-order valence-electron chi connectivity index (χ3n) is 1.31. The smallest absolute Gasteiger partial charge is 0.303 e. The van der Waals surface area contributed by atoms with Crippen molar-refractivity contribution in [1.82, 2.24) is 0 Å². The molecule has 64 valence electrons. The zero-order valence-corrected chi connectivity index (χ0v) is 7.38. The molecule has 3 nitrogen and oxygen atoms in total. The van der Waals surface area contributed by atoms with Crippen LogP contribution in [0.15, 0.2) is 0 Å². The molecule has 0 bridgehead atoms. The molecule has 0 N–H and O–H groups in total. The Bertz CT molecular complexity index is 161. The lowest BCUT2D eigenvalue weighted by Crippen LogP contribution is -2.26. The summed E-state index contributed by atoms with van der Waals surface area (Å²) in [6, 6.07) is 0. The number of Topliss-reactive ketones (excluding diaryl/α,β-unsaturated/α-hetero) is 1. The van der Waals surface area contributed by atoms with Gasteiger partial charge in [-0.15, -0.1) is 0 Å². The van der Waals surface area contributed by atoms with E-state index in [4.69, 9.17) is 0 Å². The Morgan fingerprint density at radius 3 is 1.91 bits per heavy atom. The Labute approximate surface area is 66.7 Å². The van der Waals surface area contributed by atoms with Gasteiger partial charge in [0, 0.05) is 12.8 Å². The minimum absolute atomic E-state index is 0.0415. The van der Waals surface area contributed by atoms with Gasteiger partial charge in [0.25, 0.3) is 0 Å². The molecule has 0 saturated carbocycles. The first-order chi connectivity index (χ1) is 4.95. The average molecular weight is 158 g/mol. The van der Waals surface area contributed by atoms with E-state index in [2.05, 4.69) is 4.74 Å². The minimum Gasteiger partial charge on any atom is -0.455 e. The van der Waals surface area contributed by atoms with Gasteiger partial charge in [0.05, 0.1) is 0 Å². The molecule has 0 saturated heterocycles. The fourth-order valence-corrected chi connectivity index (χ4v) is 0.776. The van der Waals surface area contributed by atoms with Crippen molar-refractivity contribution in [3.8, 4) is 0 Å². The summed E-state index contributed by atoms with van der Waals surface area (Å²) in [5.41, 5.74) is 0. The molecule has 0 radical (unpaired) electrons. The second-order valence-electron chi connectivity index (χ2n) is 2.81. The molecule has 0 fully saturated rings. The largest absolute Gasteiger partial charge is 0.455 e. The van der Waals surface area contributed by atoms with Crippen LogP contribution >= 0.6 is 0 Å². The standard InChI is InChI=1S/C8H14O3/c1-5(2)8(10)6(3)11-7(4)9/h5-6H,1-4H3/t6-/m1/s1. The van der Waals surface area contributed by atoms with Crippen LogP contribution in [-0.2, 0) is 14.3 Å². The summed E-state index contributed by atoms with van der Waals surface area (Å²) in [5.74, 6) is -0.531. The lowest BCUT2D eigenvalue weighted by atomic mass is 10.1. The molecule has 0 heterocycles. The minimum atomic E-state index is -0.604. The Morgan fingerprint density at radius 2 is 1.64 bits per heavy atom. The van der Waals surface area contributed by atoms with Crippen LogP contribution in [0.1, 0.15) is 27.7 Å². The van der Waals surface area contributed by atoms with Crippen LogP contribution in [0.25, 0.3) is 0 Å². The van der Waals surface area contributed by atoms with Gasteiger partial charge in [0.2, 0.25) is 0 Å². The molecule has 0 aromatic carbocycles. The van der Waals surface area contributed by atoms with Gasteiger partial charge in [0.15, 0.2) is 11.9 Å². The molecule has 11 heavy (non-hydrogen) atoms. The van der Waals surface area contributed by atoms with E-state index >= 15 is 0 Å². The first kappa shape index (κ1) is 10.1. The van der Waals surface area contributed by atoms with Crippen molar-refractivity contribution < 1.29 is 14.3 Å². The van der Waals surface area contributed by atoms with E-state index in [0.29, 0.717) is 0 Å². The number of esters is 1. The zero-order valence-electron chi connectivity index (χ0n) is 7.38. The number of carbonyl (C=O) groups excluding carboxylic acids is 2. The Kier molecular flexibility index (Phi) is 3.79. The van der Waals surface area contributed by atoms with E-state index in [0.717, 1.165) is 0 Å². The summed E-state index contributed by atoms with van der Waals surface area (Å²) in [6.45, 7) is 6.44. The van der Waals surface area contributed by atoms with Crippen molar-refractivity contribution in [3.05, 3.63) is 0 Å². The molecule has 0 rings (SSSR count). The highest BCUT2D eigenvalue weighted by molar-refractivity contribution is 5.86. The molecule has 1 atom stereocenters. The first-order valence-corrected chi connectivity index (χ1v) is 3.66. The van der Waals surface area contributed by atoms with Crippen molar-refractivity contribution in [2.75, 3.05) is 0 Å². The van der Waals surface area contributed by atoms with Gasteiger partial charge >= 0.3 is 5.97 Å². The number of ketones is 1. The van der Waals surface area contributed by atoms with Crippen molar-refractivity contribution in [1.29, 1.82) is 0 Å². The maximum absolute atomic E-state index is 11.1. The normalized spacial score (nSPS) is 12.8. The topological polar surface area (TPSA) is 43.4 Å². The van der Waals surface area contributed by atoms with Crippen LogP contribution in [0.2, 0.25) is 0 Å². The molecule has 0 unspecified atom stereocenters. The second kappa shape index (κ2) is 4.11. The predicted molar refractivity (Wildman–Crippen MR) is 41.1 cm³/mol. The van der Waals surface area contributed by atoms with Gasteiger partial charge in [-0.2, -0.15) is 0 Å². The molecular formula is C8H14O3. The zero-order chi connectivity index (χ0) is 9.02. The quantitative estimate of drug-likeness (QED) is 0.579. The highest BCUT2D eigenvalue weighted by atomic mass is 16.5. The Hall–Kier alpha value is -0.860. The molecule has 0 aliphatic carbocycles.